The highest BCUT2D eigenvalue weighted by molar-refractivity contribution is 5.91. The smallest absolute Gasteiger partial charge is 0.0725 e. The van der Waals surface area contributed by atoms with Gasteiger partial charge in [-0.25, -0.2) is 0 Å². The number of benzene rings is 2. The van der Waals surface area contributed by atoms with Crippen LogP contribution in [0.5, 0.6) is 0 Å². The van der Waals surface area contributed by atoms with Gasteiger partial charge in [-0.05, 0) is 38.0 Å². The van der Waals surface area contributed by atoms with Gasteiger partial charge < -0.3 is 5.32 Å². The zero-order valence-corrected chi connectivity index (χ0v) is 12.6. The molecule has 0 fully saturated rings. The second kappa shape index (κ2) is 5.96. The Balaban J connectivity index is 1.76. The Bertz CT molecular complexity index is 762. The fraction of sp³-hybridized carbons (Fsp3) is 0.211. The fourth-order valence-electron chi connectivity index (χ4n) is 2.66. The van der Waals surface area contributed by atoms with Crippen LogP contribution in [0.15, 0.2) is 54.6 Å². The van der Waals surface area contributed by atoms with Crippen molar-refractivity contribution >= 4 is 16.6 Å². The molecule has 0 aliphatic heterocycles. The Morgan fingerprint density at radius 1 is 0.952 bits per heavy atom. The number of nitrogens with one attached hydrogen (secondary N) is 1. The van der Waals surface area contributed by atoms with E-state index in [-0.39, 0.29) is 0 Å². The second-order valence-corrected chi connectivity index (χ2v) is 5.49. The predicted octanol–water partition coefficient (Wildman–Crippen LogP) is 4.51. The molecule has 3 aromatic rings. The number of fused-ring (bicyclic) bond motifs is 1. The molecule has 2 aromatic carbocycles. The number of aryl methyl sites for hydroxylation is 2. The third kappa shape index (κ3) is 3.22. The minimum atomic E-state index is 0.927. The van der Waals surface area contributed by atoms with E-state index in [1.165, 1.54) is 22.2 Å². The molecule has 0 saturated heterocycles. The molecule has 106 valence electrons. The molecule has 0 saturated carbocycles. The number of nitrogens with zero attached hydrogens (tertiary/aromatic N) is 1. The molecule has 0 atom stereocenters. The molecule has 0 aliphatic carbocycles. The van der Waals surface area contributed by atoms with E-state index in [0.29, 0.717) is 0 Å². The molecule has 21 heavy (non-hydrogen) atoms. The maximum Gasteiger partial charge on any atom is 0.0725 e. The minimum absolute atomic E-state index is 0.927. The topological polar surface area (TPSA) is 24.9 Å². The second-order valence-electron chi connectivity index (χ2n) is 5.49. The molecule has 2 heteroatoms. The largest absolute Gasteiger partial charge is 0.384 e. The first-order valence-electron chi connectivity index (χ1n) is 7.38. The summed E-state index contributed by atoms with van der Waals surface area (Å²) in [7, 11) is 0. The lowest BCUT2D eigenvalue weighted by molar-refractivity contribution is 1.02. The van der Waals surface area contributed by atoms with Gasteiger partial charge in [0.25, 0.3) is 0 Å². The summed E-state index contributed by atoms with van der Waals surface area (Å²) in [4.78, 5) is 4.57. The van der Waals surface area contributed by atoms with Crippen LogP contribution in [0.4, 0.5) is 5.69 Å². The van der Waals surface area contributed by atoms with Crippen molar-refractivity contribution in [2.24, 2.45) is 0 Å². The average molecular weight is 276 g/mol. The molecule has 0 bridgehead atoms. The van der Waals surface area contributed by atoms with Crippen molar-refractivity contribution < 1.29 is 0 Å². The van der Waals surface area contributed by atoms with E-state index in [2.05, 4.69) is 65.8 Å². The third-order valence-electron chi connectivity index (χ3n) is 3.66. The van der Waals surface area contributed by atoms with Crippen molar-refractivity contribution in [2.75, 3.05) is 11.9 Å². The van der Waals surface area contributed by atoms with E-state index >= 15 is 0 Å². The molecule has 1 aromatic heterocycles. The summed E-state index contributed by atoms with van der Waals surface area (Å²) >= 11 is 0. The van der Waals surface area contributed by atoms with Crippen molar-refractivity contribution in [3.05, 3.63) is 71.4 Å². The Labute approximate surface area is 125 Å². The maximum absolute atomic E-state index is 4.57. The van der Waals surface area contributed by atoms with Gasteiger partial charge in [-0.3, -0.25) is 4.98 Å². The van der Waals surface area contributed by atoms with Gasteiger partial charge in [-0.1, -0.05) is 48.0 Å². The van der Waals surface area contributed by atoms with E-state index in [1.807, 2.05) is 13.0 Å². The molecule has 0 radical (unpaired) electrons. The standard InChI is InChI=1S/C19H20N2/c1-14-6-5-7-16(12-14)10-11-20-19-13-15(2)21-18-9-4-3-8-17(18)19/h3-9,12-13H,10-11H2,1-2H3,(H,20,21). The van der Waals surface area contributed by atoms with Crippen LogP contribution in [0.3, 0.4) is 0 Å². The molecule has 1 N–H and O–H groups in total. The van der Waals surface area contributed by atoms with E-state index in [4.69, 9.17) is 0 Å². The summed E-state index contributed by atoms with van der Waals surface area (Å²) in [5, 5.41) is 4.74. The van der Waals surface area contributed by atoms with Crippen LogP contribution in [-0.4, -0.2) is 11.5 Å². The van der Waals surface area contributed by atoms with Crippen molar-refractivity contribution in [1.29, 1.82) is 0 Å². The lowest BCUT2D eigenvalue weighted by atomic mass is 10.1. The predicted molar refractivity (Wildman–Crippen MR) is 89.9 cm³/mol. The van der Waals surface area contributed by atoms with Gasteiger partial charge in [0.2, 0.25) is 0 Å². The molecule has 0 aliphatic rings. The number of pyridine rings is 1. The highest BCUT2D eigenvalue weighted by Crippen LogP contribution is 2.22. The lowest BCUT2D eigenvalue weighted by Gasteiger charge is -2.11. The summed E-state index contributed by atoms with van der Waals surface area (Å²) in [6.07, 6.45) is 1.03. The van der Waals surface area contributed by atoms with E-state index in [0.717, 1.165) is 24.2 Å². The number of hydrogen-bond acceptors (Lipinski definition) is 2. The summed E-state index contributed by atoms with van der Waals surface area (Å²) in [6.45, 7) is 5.10. The monoisotopic (exact) mass is 276 g/mol. The van der Waals surface area contributed by atoms with Crippen LogP contribution in [0, 0.1) is 13.8 Å². The van der Waals surface area contributed by atoms with Gasteiger partial charge in [0.1, 0.15) is 0 Å². The number of rotatable bonds is 4. The van der Waals surface area contributed by atoms with Crippen LogP contribution < -0.4 is 5.32 Å². The Morgan fingerprint density at radius 2 is 1.81 bits per heavy atom. The van der Waals surface area contributed by atoms with Gasteiger partial charge in [0, 0.05) is 23.3 Å². The first kappa shape index (κ1) is 13.6. The van der Waals surface area contributed by atoms with Crippen molar-refractivity contribution in [2.45, 2.75) is 20.3 Å². The zero-order chi connectivity index (χ0) is 14.7. The van der Waals surface area contributed by atoms with Crippen LogP contribution in [0.25, 0.3) is 10.9 Å². The molecular weight excluding hydrogens is 256 g/mol. The summed E-state index contributed by atoms with van der Waals surface area (Å²) in [6, 6.07) is 19.1. The number of anilines is 1. The van der Waals surface area contributed by atoms with Gasteiger partial charge in [-0.2, -0.15) is 0 Å². The van der Waals surface area contributed by atoms with Crippen LogP contribution in [0.2, 0.25) is 0 Å². The van der Waals surface area contributed by atoms with Gasteiger partial charge in [-0.15, -0.1) is 0 Å². The Kier molecular flexibility index (Phi) is 3.87. The Morgan fingerprint density at radius 3 is 2.67 bits per heavy atom. The normalized spacial score (nSPS) is 10.8. The SMILES string of the molecule is Cc1cccc(CCNc2cc(C)nc3ccccc23)c1. The minimum Gasteiger partial charge on any atom is -0.384 e. The molecular formula is C19H20N2. The summed E-state index contributed by atoms with van der Waals surface area (Å²) < 4.78 is 0. The van der Waals surface area contributed by atoms with E-state index in [1.54, 1.807) is 0 Å². The molecule has 1 heterocycles. The number of aromatic nitrogens is 1. The number of para-hydroxylation sites is 1. The summed E-state index contributed by atoms with van der Waals surface area (Å²) in [5.74, 6) is 0. The van der Waals surface area contributed by atoms with Crippen molar-refractivity contribution in [3.8, 4) is 0 Å². The first-order valence-corrected chi connectivity index (χ1v) is 7.38. The molecule has 0 amide bonds. The average Bonchev–Trinajstić information content (AvgIpc) is 2.47. The van der Waals surface area contributed by atoms with Crippen molar-refractivity contribution in [1.82, 2.24) is 4.98 Å². The Hall–Kier alpha value is -2.35. The fourth-order valence-corrected chi connectivity index (χ4v) is 2.66. The lowest BCUT2D eigenvalue weighted by Crippen LogP contribution is -2.06. The summed E-state index contributed by atoms with van der Waals surface area (Å²) in [5.41, 5.74) is 5.96. The number of hydrogen-bond donors (Lipinski definition) is 1. The third-order valence-corrected chi connectivity index (χ3v) is 3.66. The molecule has 3 rings (SSSR count). The van der Waals surface area contributed by atoms with Gasteiger partial charge in [0.05, 0.1) is 5.52 Å². The van der Waals surface area contributed by atoms with Crippen LogP contribution in [0.1, 0.15) is 16.8 Å². The van der Waals surface area contributed by atoms with Crippen LogP contribution in [-0.2, 0) is 6.42 Å². The van der Waals surface area contributed by atoms with Crippen molar-refractivity contribution in [3.63, 3.8) is 0 Å². The first-order chi connectivity index (χ1) is 10.2. The van der Waals surface area contributed by atoms with Gasteiger partial charge >= 0.3 is 0 Å². The van der Waals surface area contributed by atoms with E-state index < -0.39 is 0 Å². The quantitative estimate of drug-likeness (QED) is 0.758. The molecule has 0 spiro atoms. The van der Waals surface area contributed by atoms with Gasteiger partial charge in [0.15, 0.2) is 0 Å². The van der Waals surface area contributed by atoms with Crippen LogP contribution >= 0.6 is 0 Å². The highest BCUT2D eigenvalue weighted by Gasteiger charge is 2.03. The zero-order valence-electron chi connectivity index (χ0n) is 12.6. The highest BCUT2D eigenvalue weighted by atomic mass is 14.9. The molecule has 2 nitrogen and oxygen atoms in total. The maximum atomic E-state index is 4.57. The van der Waals surface area contributed by atoms with E-state index in [9.17, 15) is 0 Å². The molecule has 0 unspecified atom stereocenters.